The van der Waals surface area contributed by atoms with Crippen LogP contribution in [0.4, 0.5) is 10.1 Å². The maximum atomic E-state index is 13.7. The molecule has 1 spiro atoms. The molecular formula is C26H27FN4O6. The van der Waals surface area contributed by atoms with Gasteiger partial charge in [-0.15, -0.1) is 0 Å². The molecule has 3 aliphatic heterocycles. The summed E-state index contributed by atoms with van der Waals surface area (Å²) in [5.41, 5.74) is -0.803. The minimum absolute atomic E-state index is 0.0428. The average molecular weight is 511 g/mol. The predicted octanol–water partition coefficient (Wildman–Crippen LogP) is 2.83. The Balaban J connectivity index is 1.38. The van der Waals surface area contributed by atoms with E-state index in [0.29, 0.717) is 13.1 Å². The van der Waals surface area contributed by atoms with Crippen LogP contribution in [0.25, 0.3) is 0 Å². The standard InChI is InChI=1S/C26H27FN4O6/c27-20-8-6-18(7-9-20)24(33)30-22(25(34)28-12-1-2-13-28)17-37-26(30)10-14-29(15-11-26)23(32)19-4-3-5-21(16-19)31(35)36/h3-9,16,22H,1-2,10-15,17H2/t22-/m0/s1. The zero-order chi connectivity index (χ0) is 26.2. The number of rotatable bonds is 4. The molecule has 37 heavy (non-hydrogen) atoms. The van der Waals surface area contributed by atoms with Crippen LogP contribution in [0.3, 0.4) is 0 Å². The Bertz CT molecular complexity index is 1220. The van der Waals surface area contributed by atoms with Crippen molar-refractivity contribution in [1.29, 1.82) is 0 Å². The van der Waals surface area contributed by atoms with Gasteiger partial charge in [0.05, 0.1) is 11.5 Å². The lowest BCUT2D eigenvalue weighted by atomic mass is 9.96. The molecule has 0 bridgehead atoms. The summed E-state index contributed by atoms with van der Waals surface area (Å²) in [7, 11) is 0. The van der Waals surface area contributed by atoms with Crippen molar-refractivity contribution in [2.75, 3.05) is 32.8 Å². The molecule has 3 saturated heterocycles. The molecule has 3 heterocycles. The third-order valence-electron chi connectivity index (χ3n) is 7.41. The Kier molecular flexibility index (Phi) is 6.63. The number of hydrogen-bond donors (Lipinski definition) is 0. The largest absolute Gasteiger partial charge is 0.353 e. The second kappa shape index (κ2) is 9.89. The average Bonchev–Trinajstić information content (AvgIpc) is 3.57. The van der Waals surface area contributed by atoms with E-state index in [2.05, 4.69) is 0 Å². The van der Waals surface area contributed by atoms with Gasteiger partial charge in [-0.2, -0.15) is 0 Å². The topological polar surface area (TPSA) is 113 Å². The number of amides is 3. The molecule has 3 aliphatic rings. The van der Waals surface area contributed by atoms with Crippen molar-refractivity contribution in [2.45, 2.75) is 37.5 Å². The summed E-state index contributed by atoms with van der Waals surface area (Å²) in [6.45, 7) is 1.78. The molecular weight excluding hydrogens is 483 g/mol. The van der Waals surface area contributed by atoms with Gasteiger partial charge in [0, 0.05) is 62.3 Å². The van der Waals surface area contributed by atoms with Gasteiger partial charge in [-0.1, -0.05) is 6.07 Å². The number of benzene rings is 2. The molecule has 2 aromatic carbocycles. The highest BCUT2D eigenvalue weighted by Crippen LogP contribution is 2.39. The van der Waals surface area contributed by atoms with Crippen molar-refractivity contribution < 1.29 is 28.4 Å². The Morgan fingerprint density at radius 1 is 0.919 bits per heavy atom. The molecule has 0 aliphatic carbocycles. The first-order valence-electron chi connectivity index (χ1n) is 12.3. The van der Waals surface area contributed by atoms with Gasteiger partial charge >= 0.3 is 0 Å². The molecule has 0 N–H and O–H groups in total. The maximum absolute atomic E-state index is 13.7. The Hall–Kier alpha value is -3.86. The maximum Gasteiger partial charge on any atom is 0.270 e. The lowest BCUT2D eigenvalue weighted by Gasteiger charge is -2.44. The highest BCUT2D eigenvalue weighted by atomic mass is 19.1. The predicted molar refractivity (Wildman–Crippen MR) is 129 cm³/mol. The van der Waals surface area contributed by atoms with E-state index >= 15 is 0 Å². The minimum Gasteiger partial charge on any atom is -0.353 e. The van der Waals surface area contributed by atoms with E-state index in [9.17, 15) is 28.9 Å². The number of halogens is 1. The van der Waals surface area contributed by atoms with Gasteiger partial charge in [0.2, 0.25) is 5.91 Å². The Morgan fingerprint density at radius 3 is 2.24 bits per heavy atom. The summed E-state index contributed by atoms with van der Waals surface area (Å²) >= 11 is 0. The lowest BCUT2D eigenvalue weighted by molar-refractivity contribution is -0.384. The normalized spacial score (nSPS) is 20.9. The van der Waals surface area contributed by atoms with Gasteiger partial charge in [0.25, 0.3) is 17.5 Å². The number of piperidine rings is 1. The van der Waals surface area contributed by atoms with Gasteiger partial charge in [0.15, 0.2) is 0 Å². The summed E-state index contributed by atoms with van der Waals surface area (Å²) in [5, 5.41) is 11.1. The summed E-state index contributed by atoms with van der Waals surface area (Å²) in [5.74, 6) is -1.41. The fourth-order valence-electron chi connectivity index (χ4n) is 5.43. The fourth-order valence-corrected chi connectivity index (χ4v) is 5.43. The zero-order valence-electron chi connectivity index (χ0n) is 20.2. The molecule has 0 unspecified atom stereocenters. The van der Waals surface area contributed by atoms with Crippen LogP contribution in [0.5, 0.6) is 0 Å². The quantitative estimate of drug-likeness (QED) is 0.462. The van der Waals surface area contributed by atoms with Crippen molar-refractivity contribution in [2.24, 2.45) is 0 Å². The molecule has 194 valence electrons. The van der Waals surface area contributed by atoms with E-state index < -0.39 is 28.4 Å². The van der Waals surface area contributed by atoms with Crippen LogP contribution in [0.2, 0.25) is 0 Å². The summed E-state index contributed by atoms with van der Waals surface area (Å²) in [4.78, 5) is 55.6. The summed E-state index contributed by atoms with van der Waals surface area (Å²) in [6, 6.07) is 9.94. The number of carbonyl (C=O) groups is 3. The van der Waals surface area contributed by atoms with Gasteiger partial charge in [-0.3, -0.25) is 29.4 Å². The van der Waals surface area contributed by atoms with Crippen LogP contribution in [-0.4, -0.2) is 81.9 Å². The number of carbonyl (C=O) groups excluding carboxylic acids is 3. The molecule has 10 nitrogen and oxygen atoms in total. The van der Waals surface area contributed by atoms with E-state index in [4.69, 9.17) is 4.74 Å². The second-order valence-electron chi connectivity index (χ2n) is 9.59. The van der Waals surface area contributed by atoms with Crippen molar-refractivity contribution in [3.8, 4) is 0 Å². The van der Waals surface area contributed by atoms with Crippen LogP contribution in [0.1, 0.15) is 46.4 Å². The first kappa shape index (κ1) is 24.8. The highest BCUT2D eigenvalue weighted by Gasteiger charge is 2.55. The smallest absolute Gasteiger partial charge is 0.270 e. The van der Waals surface area contributed by atoms with Gasteiger partial charge < -0.3 is 14.5 Å². The number of nitro benzene ring substituents is 1. The van der Waals surface area contributed by atoms with E-state index in [1.165, 1.54) is 53.4 Å². The molecule has 11 heteroatoms. The van der Waals surface area contributed by atoms with Gasteiger partial charge in [0.1, 0.15) is 17.6 Å². The van der Waals surface area contributed by atoms with Crippen LogP contribution in [0.15, 0.2) is 48.5 Å². The number of ether oxygens (including phenoxy) is 1. The molecule has 2 aromatic rings. The molecule has 0 aromatic heterocycles. The molecule has 3 amide bonds. The van der Waals surface area contributed by atoms with Crippen molar-refractivity contribution in [3.05, 3.63) is 75.6 Å². The van der Waals surface area contributed by atoms with Crippen LogP contribution < -0.4 is 0 Å². The summed E-state index contributed by atoms with van der Waals surface area (Å²) in [6.07, 6.45) is 2.35. The molecule has 5 rings (SSSR count). The zero-order valence-corrected chi connectivity index (χ0v) is 20.2. The Morgan fingerprint density at radius 2 is 1.59 bits per heavy atom. The number of hydrogen-bond acceptors (Lipinski definition) is 6. The Labute approximate surface area is 212 Å². The molecule has 3 fully saturated rings. The third kappa shape index (κ3) is 4.66. The number of nitrogens with zero attached hydrogens (tertiary/aromatic N) is 4. The molecule has 1 atom stereocenters. The van der Waals surface area contributed by atoms with Crippen LogP contribution >= 0.6 is 0 Å². The van der Waals surface area contributed by atoms with E-state index in [-0.39, 0.29) is 61.2 Å². The first-order valence-corrected chi connectivity index (χ1v) is 12.3. The van der Waals surface area contributed by atoms with Crippen LogP contribution in [0, 0.1) is 15.9 Å². The van der Waals surface area contributed by atoms with Gasteiger partial charge in [-0.05, 0) is 43.2 Å². The third-order valence-corrected chi connectivity index (χ3v) is 7.41. The SMILES string of the molecule is O=C(c1cccc([N+](=O)[O-])c1)N1CCC2(CC1)OC[C@@H](C(=O)N1CCCC1)N2C(=O)c1ccc(F)cc1. The fraction of sp³-hybridized carbons (Fsp3) is 0.423. The van der Waals surface area contributed by atoms with E-state index in [1.54, 1.807) is 9.80 Å². The molecule has 0 saturated carbocycles. The monoisotopic (exact) mass is 510 g/mol. The lowest BCUT2D eigenvalue weighted by Crippen LogP contribution is -2.60. The van der Waals surface area contributed by atoms with Crippen LogP contribution in [-0.2, 0) is 9.53 Å². The number of non-ortho nitro benzene ring substituents is 1. The number of likely N-dealkylation sites (tertiary alicyclic amines) is 2. The van der Waals surface area contributed by atoms with Gasteiger partial charge in [-0.25, -0.2) is 4.39 Å². The minimum atomic E-state index is -1.09. The van der Waals surface area contributed by atoms with E-state index in [1.807, 2.05) is 0 Å². The first-order chi connectivity index (χ1) is 17.8. The van der Waals surface area contributed by atoms with Crippen molar-refractivity contribution in [3.63, 3.8) is 0 Å². The van der Waals surface area contributed by atoms with Crippen molar-refractivity contribution in [1.82, 2.24) is 14.7 Å². The summed E-state index contributed by atoms with van der Waals surface area (Å²) < 4.78 is 19.7. The number of nitro groups is 1. The highest BCUT2D eigenvalue weighted by molar-refractivity contribution is 5.99. The van der Waals surface area contributed by atoms with E-state index in [0.717, 1.165) is 12.8 Å². The molecule has 0 radical (unpaired) electrons. The van der Waals surface area contributed by atoms with Crippen molar-refractivity contribution >= 4 is 23.4 Å². The second-order valence-corrected chi connectivity index (χ2v) is 9.59.